The average Bonchev–Trinajstić information content (AvgIpc) is 3.83. The number of thiophene rings is 1. The van der Waals surface area contributed by atoms with Crippen LogP contribution in [0.2, 0.25) is 0 Å². The van der Waals surface area contributed by atoms with E-state index < -0.39 is 31.7 Å². The Morgan fingerprint density at radius 2 is 1.72 bits per heavy atom. The van der Waals surface area contributed by atoms with E-state index in [0.717, 1.165) is 32.9 Å². The topological polar surface area (TPSA) is 149 Å². The van der Waals surface area contributed by atoms with Gasteiger partial charge in [-0.1, -0.05) is 13.0 Å². The Hall–Kier alpha value is -4.21. The maximum Gasteiger partial charge on any atom is 0.374 e. The number of anilines is 1. The fraction of sp³-hybridized carbons (Fsp3) is 0.242. The van der Waals surface area contributed by atoms with Crippen LogP contribution in [0.5, 0.6) is 5.75 Å². The summed E-state index contributed by atoms with van der Waals surface area (Å²) in [6.07, 6.45) is 8.30. The number of oxazole rings is 1. The van der Waals surface area contributed by atoms with Crippen LogP contribution in [0, 0.1) is 0 Å². The minimum Gasteiger partial charge on any atom is -0.748 e. The highest BCUT2D eigenvalue weighted by Gasteiger charge is 2.28. The molecule has 0 aliphatic carbocycles. The lowest BCUT2D eigenvalue weighted by molar-refractivity contribution is -0.677. The Balaban J connectivity index is 1.38. The molecule has 47 heavy (non-hydrogen) atoms. The summed E-state index contributed by atoms with van der Waals surface area (Å²) in [5.74, 6) is 0.518. The number of ether oxygens (including phenoxy) is 1. The van der Waals surface area contributed by atoms with Gasteiger partial charge in [0.15, 0.2) is 12.3 Å². The molecular weight excluding hydrogens is 663 g/mol. The van der Waals surface area contributed by atoms with Gasteiger partial charge in [0.1, 0.15) is 0 Å². The molecule has 3 aromatic heterocycles. The molecule has 0 saturated carbocycles. The molecular formula is C33H32N3O8S3-. The van der Waals surface area contributed by atoms with E-state index in [1.54, 1.807) is 11.3 Å². The van der Waals surface area contributed by atoms with E-state index in [0.29, 0.717) is 29.5 Å². The second kappa shape index (κ2) is 13.5. The van der Waals surface area contributed by atoms with Gasteiger partial charge in [-0.2, -0.15) is 4.57 Å². The van der Waals surface area contributed by atoms with Gasteiger partial charge in [0, 0.05) is 53.9 Å². The van der Waals surface area contributed by atoms with Crippen molar-refractivity contribution >= 4 is 54.4 Å². The van der Waals surface area contributed by atoms with Crippen LogP contribution >= 0.6 is 11.3 Å². The summed E-state index contributed by atoms with van der Waals surface area (Å²) < 4.78 is 84.7. The third-order valence-electron chi connectivity index (χ3n) is 7.73. The molecule has 0 bridgehead atoms. The summed E-state index contributed by atoms with van der Waals surface area (Å²) in [6, 6.07) is 19.3. The Bertz CT molecular complexity index is 2170. The van der Waals surface area contributed by atoms with Crippen molar-refractivity contribution in [3.05, 3.63) is 102 Å². The molecule has 0 N–H and O–H groups in total. The minimum absolute atomic E-state index is 0.101. The molecule has 6 rings (SSSR count). The van der Waals surface area contributed by atoms with E-state index in [9.17, 15) is 25.9 Å². The minimum atomic E-state index is -4.40. The van der Waals surface area contributed by atoms with Crippen molar-refractivity contribution in [3.8, 4) is 21.9 Å². The highest BCUT2D eigenvalue weighted by Crippen LogP contribution is 2.43. The monoisotopic (exact) mass is 694 g/mol. The van der Waals surface area contributed by atoms with Gasteiger partial charge >= 0.3 is 5.89 Å². The standard InChI is InChI=1S/C33H33N3O8S3/c1-2-24(20-32-35(15-6-18-46(37,38)39)27-22-25(9-11-29(27)43-32)31-8-5-17-45-31)21-33-36(16-7-19-47(40,41)42)28-23-26(10-12-30(28)44-33)34-13-3-4-14-34/h3-5,8-14,17,20-23H,2,6-7,15-16,18-19H2,1H3,(H-,37,38,39,40,41,42)/p-1. The van der Waals surface area contributed by atoms with E-state index >= 15 is 0 Å². The molecule has 0 amide bonds. The molecule has 2 aromatic carbocycles. The quantitative estimate of drug-likeness (QED) is 0.113. The molecule has 1 aliphatic rings. The molecule has 1 aliphatic heterocycles. The number of allylic oxidation sites excluding steroid dienone is 2. The summed E-state index contributed by atoms with van der Waals surface area (Å²) in [4.78, 5) is 2.94. The fourth-order valence-corrected chi connectivity index (χ4v) is 7.18. The number of hydrogen-bond donors (Lipinski definition) is 0. The first-order valence-corrected chi connectivity index (χ1v) is 19.0. The zero-order valence-electron chi connectivity index (χ0n) is 25.4. The smallest absolute Gasteiger partial charge is 0.374 e. The molecule has 0 atom stereocenters. The zero-order valence-corrected chi connectivity index (χ0v) is 27.9. The Morgan fingerprint density at radius 3 is 2.43 bits per heavy atom. The molecule has 0 fully saturated rings. The molecule has 4 heterocycles. The van der Waals surface area contributed by atoms with Gasteiger partial charge < -0.3 is 27.7 Å². The van der Waals surface area contributed by atoms with Crippen LogP contribution < -0.4 is 14.2 Å². The Labute approximate surface area is 277 Å². The van der Waals surface area contributed by atoms with E-state index in [1.807, 2.05) is 112 Å². The van der Waals surface area contributed by atoms with E-state index in [2.05, 4.69) is 0 Å². The number of rotatable bonds is 13. The number of aryl methyl sites for hydroxylation is 1. The van der Waals surface area contributed by atoms with Gasteiger partial charge in [-0.25, -0.2) is 16.8 Å². The molecule has 11 nitrogen and oxygen atoms in total. The SMILES string of the molecule is CCC(/C=C1\Oc2ccc(-c3cccs3)cc2N1CCCS(=O)(=O)[O-])=C\c1oc2ccc(-n3cccc3)cc2[n+]1CCCS(=O)(=O)[O-]. The zero-order chi connectivity index (χ0) is 33.2. The maximum atomic E-state index is 11.4. The van der Waals surface area contributed by atoms with Crippen molar-refractivity contribution < 1.29 is 39.7 Å². The van der Waals surface area contributed by atoms with Crippen LogP contribution in [0.15, 0.2) is 100 Å². The molecule has 0 radical (unpaired) electrons. The average molecular weight is 695 g/mol. The Morgan fingerprint density at radius 1 is 0.957 bits per heavy atom. The van der Waals surface area contributed by atoms with E-state index in [-0.39, 0.29) is 25.9 Å². The van der Waals surface area contributed by atoms with Crippen LogP contribution in [-0.4, -0.2) is 48.6 Å². The predicted octanol–water partition coefficient (Wildman–Crippen LogP) is 5.64. The van der Waals surface area contributed by atoms with Crippen LogP contribution in [0.25, 0.3) is 33.3 Å². The van der Waals surface area contributed by atoms with Crippen molar-refractivity contribution in [2.24, 2.45) is 0 Å². The number of hydrogen-bond acceptors (Lipinski definition) is 10. The fourth-order valence-electron chi connectivity index (χ4n) is 5.49. The number of fused-ring (bicyclic) bond motifs is 2. The lowest BCUT2D eigenvalue weighted by Crippen LogP contribution is -2.36. The first-order chi connectivity index (χ1) is 22.5. The number of nitrogens with zero attached hydrogens (tertiary/aromatic N) is 3. The van der Waals surface area contributed by atoms with Gasteiger partial charge in [0.25, 0.3) is 5.52 Å². The molecule has 0 unspecified atom stereocenters. The second-order valence-electron chi connectivity index (χ2n) is 11.0. The highest BCUT2D eigenvalue weighted by atomic mass is 32.2. The highest BCUT2D eigenvalue weighted by molar-refractivity contribution is 7.85. The van der Waals surface area contributed by atoms with Crippen molar-refractivity contribution in [1.29, 1.82) is 0 Å². The summed E-state index contributed by atoms with van der Waals surface area (Å²) in [5.41, 5.74) is 4.76. The van der Waals surface area contributed by atoms with Gasteiger partial charge in [-0.05, 0) is 77.9 Å². The molecule has 246 valence electrons. The molecule has 0 saturated heterocycles. The van der Waals surface area contributed by atoms with Crippen molar-refractivity contribution in [3.63, 3.8) is 0 Å². The lowest BCUT2D eigenvalue weighted by Gasteiger charge is -2.19. The third-order valence-corrected chi connectivity index (χ3v) is 10.2. The summed E-state index contributed by atoms with van der Waals surface area (Å²) in [5, 5.41) is 1.99. The van der Waals surface area contributed by atoms with E-state index in [4.69, 9.17) is 9.15 Å². The molecule has 5 aromatic rings. The van der Waals surface area contributed by atoms with Crippen LogP contribution in [0.1, 0.15) is 32.1 Å². The molecule has 14 heteroatoms. The lowest BCUT2D eigenvalue weighted by atomic mass is 10.1. The van der Waals surface area contributed by atoms with Gasteiger partial charge in [0.05, 0.1) is 37.7 Å². The van der Waals surface area contributed by atoms with Crippen molar-refractivity contribution in [2.45, 2.75) is 32.7 Å². The van der Waals surface area contributed by atoms with Gasteiger partial charge in [-0.15, -0.1) is 11.3 Å². The van der Waals surface area contributed by atoms with E-state index in [1.165, 1.54) is 0 Å². The number of benzene rings is 2. The summed E-state index contributed by atoms with van der Waals surface area (Å²) in [6.45, 7) is 2.43. The van der Waals surface area contributed by atoms with Crippen LogP contribution in [0.3, 0.4) is 0 Å². The normalized spacial score (nSPS) is 14.7. The van der Waals surface area contributed by atoms with Crippen LogP contribution in [-0.2, 0) is 26.8 Å². The summed E-state index contributed by atoms with van der Waals surface area (Å²) in [7, 11) is -8.79. The van der Waals surface area contributed by atoms with Crippen molar-refractivity contribution in [1.82, 2.24) is 4.57 Å². The maximum absolute atomic E-state index is 11.4. The third kappa shape index (κ3) is 7.85. The first-order valence-electron chi connectivity index (χ1n) is 15.0. The predicted molar refractivity (Wildman–Crippen MR) is 178 cm³/mol. The van der Waals surface area contributed by atoms with Gasteiger partial charge in [0.2, 0.25) is 11.5 Å². The Kier molecular flexibility index (Phi) is 9.39. The first kappa shape index (κ1) is 32.7. The second-order valence-corrected chi connectivity index (χ2v) is 15.0. The number of aromatic nitrogens is 2. The largest absolute Gasteiger partial charge is 0.748 e. The van der Waals surface area contributed by atoms with Gasteiger partial charge in [-0.3, -0.25) is 0 Å². The van der Waals surface area contributed by atoms with Crippen molar-refractivity contribution in [2.75, 3.05) is 23.0 Å². The summed E-state index contributed by atoms with van der Waals surface area (Å²) >= 11 is 1.60. The van der Waals surface area contributed by atoms with Crippen LogP contribution in [0.4, 0.5) is 5.69 Å². The molecule has 0 spiro atoms.